The predicted molar refractivity (Wildman–Crippen MR) is 140 cm³/mol. The van der Waals surface area contributed by atoms with Crippen LogP contribution in [0, 0.1) is 11.8 Å². The van der Waals surface area contributed by atoms with Gasteiger partial charge in [0, 0.05) is 43.5 Å². The molecule has 2 aromatic rings. The van der Waals surface area contributed by atoms with Crippen LogP contribution in [-0.2, 0) is 20.9 Å². The molecule has 2 N–H and O–H groups in total. The molecule has 0 spiro atoms. The third-order valence-electron chi connectivity index (χ3n) is 6.25. The van der Waals surface area contributed by atoms with Gasteiger partial charge in [0.1, 0.15) is 11.9 Å². The SMILES string of the molecule is COc1ccc2cc1OCCCN(C(=O)C(C)C)CC(=O)N[C@H](C(C)C)C(=O)NCCCn1ccnc1-2. The predicted octanol–water partition coefficient (Wildman–Crippen LogP) is 2.47. The molecule has 3 rings (SSSR count). The van der Waals surface area contributed by atoms with Crippen molar-refractivity contribution in [3.8, 4) is 22.9 Å². The van der Waals surface area contributed by atoms with Crippen LogP contribution in [0.1, 0.15) is 40.5 Å². The van der Waals surface area contributed by atoms with Crippen molar-refractivity contribution in [2.24, 2.45) is 11.8 Å². The van der Waals surface area contributed by atoms with Gasteiger partial charge in [0.25, 0.3) is 0 Å². The van der Waals surface area contributed by atoms with Crippen LogP contribution in [0.4, 0.5) is 0 Å². The minimum absolute atomic E-state index is 0.109. The van der Waals surface area contributed by atoms with E-state index >= 15 is 0 Å². The number of ether oxygens (including phenoxy) is 2. The standard InChI is InChI=1S/C27H39N5O5/c1-18(2)24-26(34)29-10-6-12-31-14-11-28-25(31)20-8-9-21(36-5)22(16-20)37-15-7-13-32(17-23(33)30-24)27(35)19(3)4/h8-9,11,14,16,18-19,24H,6-7,10,12-13,15,17H2,1-5H3,(H,29,34)(H,30,33)/t24-/m1/s1. The fraction of sp³-hybridized carbons (Fsp3) is 0.556. The number of aryl methyl sites for hydroxylation is 1. The number of hydrogen-bond donors (Lipinski definition) is 2. The molecular weight excluding hydrogens is 474 g/mol. The fourth-order valence-electron chi connectivity index (χ4n) is 4.25. The zero-order valence-electron chi connectivity index (χ0n) is 22.5. The number of carbonyl (C=O) groups is 3. The number of rotatable bonds is 3. The lowest BCUT2D eigenvalue weighted by Gasteiger charge is -2.27. The lowest BCUT2D eigenvalue weighted by atomic mass is 10.0. The molecule has 1 aliphatic rings. The highest BCUT2D eigenvalue weighted by atomic mass is 16.5. The van der Waals surface area contributed by atoms with E-state index in [0.717, 1.165) is 11.4 Å². The Morgan fingerprint density at radius 2 is 1.95 bits per heavy atom. The molecule has 202 valence electrons. The Labute approximate surface area is 218 Å². The summed E-state index contributed by atoms with van der Waals surface area (Å²) in [4.78, 5) is 44.6. The molecule has 2 heterocycles. The van der Waals surface area contributed by atoms with Crippen LogP contribution in [0.5, 0.6) is 11.5 Å². The van der Waals surface area contributed by atoms with Gasteiger partial charge < -0.3 is 29.6 Å². The lowest BCUT2D eigenvalue weighted by molar-refractivity contribution is -0.139. The van der Waals surface area contributed by atoms with Gasteiger partial charge in [0.05, 0.1) is 20.3 Å². The lowest BCUT2D eigenvalue weighted by Crippen LogP contribution is -2.53. The number of nitrogens with zero attached hydrogens (tertiary/aromatic N) is 3. The molecule has 10 nitrogen and oxygen atoms in total. The van der Waals surface area contributed by atoms with Gasteiger partial charge in [-0.3, -0.25) is 14.4 Å². The molecule has 0 unspecified atom stereocenters. The molecule has 37 heavy (non-hydrogen) atoms. The van der Waals surface area contributed by atoms with Crippen molar-refractivity contribution < 1.29 is 23.9 Å². The number of nitrogens with one attached hydrogen (secondary N) is 2. The van der Waals surface area contributed by atoms with Crippen molar-refractivity contribution in [3.63, 3.8) is 0 Å². The van der Waals surface area contributed by atoms with Gasteiger partial charge in [-0.25, -0.2) is 4.98 Å². The summed E-state index contributed by atoms with van der Waals surface area (Å²) in [5.41, 5.74) is 0.883. The minimum atomic E-state index is -0.688. The van der Waals surface area contributed by atoms with Crippen molar-refractivity contribution >= 4 is 17.7 Å². The third-order valence-corrected chi connectivity index (χ3v) is 6.25. The largest absolute Gasteiger partial charge is 0.493 e. The van der Waals surface area contributed by atoms with E-state index in [1.54, 1.807) is 27.2 Å². The van der Waals surface area contributed by atoms with Crippen molar-refractivity contribution in [1.82, 2.24) is 25.1 Å². The summed E-state index contributed by atoms with van der Waals surface area (Å²) in [6.45, 7) is 9.03. The number of methoxy groups -OCH3 is 1. The molecule has 0 fully saturated rings. The maximum atomic E-state index is 12.9. The number of amides is 3. The molecule has 1 aliphatic heterocycles. The summed E-state index contributed by atoms with van der Waals surface area (Å²) in [7, 11) is 1.59. The first-order valence-electron chi connectivity index (χ1n) is 12.9. The number of hydrogen-bond acceptors (Lipinski definition) is 6. The van der Waals surface area contributed by atoms with E-state index in [2.05, 4.69) is 15.6 Å². The average molecular weight is 514 g/mol. The maximum Gasteiger partial charge on any atom is 0.242 e. The molecule has 3 amide bonds. The van der Waals surface area contributed by atoms with Crippen molar-refractivity contribution in [1.29, 1.82) is 0 Å². The Morgan fingerprint density at radius 3 is 2.65 bits per heavy atom. The molecule has 0 aliphatic carbocycles. The summed E-state index contributed by atoms with van der Waals surface area (Å²) in [6.07, 6.45) is 4.85. The second-order valence-electron chi connectivity index (χ2n) is 9.86. The third kappa shape index (κ3) is 7.47. The van der Waals surface area contributed by atoms with Gasteiger partial charge in [-0.2, -0.15) is 0 Å². The fourth-order valence-corrected chi connectivity index (χ4v) is 4.25. The van der Waals surface area contributed by atoms with Crippen LogP contribution in [0.2, 0.25) is 0 Å². The Morgan fingerprint density at radius 1 is 1.16 bits per heavy atom. The van der Waals surface area contributed by atoms with E-state index in [0.29, 0.717) is 50.6 Å². The summed E-state index contributed by atoms with van der Waals surface area (Å²) in [5, 5.41) is 5.77. The summed E-state index contributed by atoms with van der Waals surface area (Å²) in [5.74, 6) is 0.878. The normalized spacial score (nSPS) is 18.1. The zero-order valence-corrected chi connectivity index (χ0v) is 22.5. The van der Waals surface area contributed by atoms with Crippen molar-refractivity contribution in [2.45, 2.75) is 53.1 Å². The van der Waals surface area contributed by atoms with Crippen molar-refractivity contribution in [3.05, 3.63) is 30.6 Å². The van der Waals surface area contributed by atoms with Gasteiger partial charge in [0.2, 0.25) is 17.7 Å². The molecule has 1 aromatic carbocycles. The number of fused-ring (bicyclic) bond motifs is 4. The van der Waals surface area contributed by atoms with Crippen LogP contribution < -0.4 is 20.1 Å². The van der Waals surface area contributed by atoms with E-state index in [1.807, 2.05) is 42.8 Å². The van der Waals surface area contributed by atoms with Gasteiger partial charge >= 0.3 is 0 Å². The number of benzene rings is 1. The Balaban J connectivity index is 1.87. The first kappa shape index (κ1) is 28.0. The maximum absolute atomic E-state index is 12.9. The molecule has 0 radical (unpaired) electrons. The summed E-state index contributed by atoms with van der Waals surface area (Å²) < 4.78 is 13.6. The van der Waals surface area contributed by atoms with Crippen LogP contribution >= 0.6 is 0 Å². The highest BCUT2D eigenvalue weighted by Crippen LogP contribution is 2.32. The van der Waals surface area contributed by atoms with Crippen LogP contribution in [-0.4, -0.2) is 71.6 Å². The van der Waals surface area contributed by atoms with Crippen LogP contribution in [0.25, 0.3) is 11.4 Å². The molecular formula is C27H39N5O5. The Kier molecular flexibility index (Phi) is 9.93. The van der Waals surface area contributed by atoms with E-state index < -0.39 is 6.04 Å². The summed E-state index contributed by atoms with van der Waals surface area (Å²) in [6, 6.07) is 4.98. The molecule has 10 heteroatoms. The summed E-state index contributed by atoms with van der Waals surface area (Å²) >= 11 is 0. The number of aromatic nitrogens is 2. The smallest absolute Gasteiger partial charge is 0.242 e. The first-order chi connectivity index (χ1) is 17.7. The zero-order chi connectivity index (χ0) is 26.9. The van der Waals surface area contributed by atoms with E-state index in [1.165, 1.54) is 4.90 Å². The minimum Gasteiger partial charge on any atom is -0.493 e. The van der Waals surface area contributed by atoms with Crippen LogP contribution in [0.3, 0.4) is 0 Å². The number of carbonyl (C=O) groups excluding carboxylic acids is 3. The second kappa shape index (κ2) is 13.1. The Bertz CT molecular complexity index is 1080. The van der Waals surface area contributed by atoms with Gasteiger partial charge in [-0.05, 0) is 37.0 Å². The highest BCUT2D eigenvalue weighted by molar-refractivity contribution is 5.90. The molecule has 1 atom stereocenters. The number of imidazole rings is 1. The van der Waals surface area contributed by atoms with E-state index in [4.69, 9.17) is 9.47 Å². The van der Waals surface area contributed by atoms with E-state index in [-0.39, 0.29) is 36.1 Å². The molecule has 1 aromatic heterocycles. The Hall–Kier alpha value is -3.56. The quantitative estimate of drug-likeness (QED) is 0.652. The van der Waals surface area contributed by atoms with Gasteiger partial charge in [0.15, 0.2) is 11.5 Å². The topological polar surface area (TPSA) is 115 Å². The average Bonchev–Trinajstić information content (AvgIpc) is 3.34. The van der Waals surface area contributed by atoms with Gasteiger partial charge in [-0.15, -0.1) is 0 Å². The van der Waals surface area contributed by atoms with E-state index in [9.17, 15) is 14.4 Å². The molecule has 0 saturated carbocycles. The monoisotopic (exact) mass is 513 g/mol. The molecule has 0 saturated heterocycles. The van der Waals surface area contributed by atoms with Gasteiger partial charge in [-0.1, -0.05) is 27.7 Å². The second-order valence-corrected chi connectivity index (χ2v) is 9.86. The first-order valence-corrected chi connectivity index (χ1v) is 12.9. The van der Waals surface area contributed by atoms with Crippen molar-refractivity contribution in [2.75, 3.05) is 33.4 Å². The van der Waals surface area contributed by atoms with Crippen LogP contribution in [0.15, 0.2) is 30.6 Å². The molecule has 2 bridgehead atoms. The highest BCUT2D eigenvalue weighted by Gasteiger charge is 2.26.